The van der Waals surface area contributed by atoms with E-state index in [2.05, 4.69) is 16.9 Å². The van der Waals surface area contributed by atoms with Crippen molar-refractivity contribution in [1.82, 2.24) is 4.68 Å². The van der Waals surface area contributed by atoms with Crippen LogP contribution in [0.4, 0.5) is 11.4 Å². The van der Waals surface area contributed by atoms with Crippen LogP contribution in [0, 0.1) is 28.4 Å². The quantitative estimate of drug-likeness (QED) is 0.387. The number of aryl methyl sites for hydroxylation is 1. The Hall–Kier alpha value is -3.80. The Balaban J connectivity index is 2.54. The highest BCUT2D eigenvalue weighted by Crippen LogP contribution is 2.26. The maximum absolute atomic E-state index is 12.1. The number of hydrogen-bond acceptors (Lipinski definition) is 7. The Morgan fingerprint density at radius 3 is 2.80 bits per heavy atom. The van der Waals surface area contributed by atoms with Crippen LogP contribution in [-0.2, 0) is 6.42 Å². The van der Waals surface area contributed by atoms with Crippen LogP contribution in [-0.4, -0.2) is 14.7 Å². The lowest BCUT2D eigenvalue weighted by Crippen LogP contribution is -2.20. The zero-order valence-electron chi connectivity index (χ0n) is 13.2. The van der Waals surface area contributed by atoms with Gasteiger partial charge < -0.3 is 5.11 Å². The van der Waals surface area contributed by atoms with Crippen molar-refractivity contribution in [2.45, 2.75) is 13.3 Å². The summed E-state index contributed by atoms with van der Waals surface area (Å²) in [5, 5.41) is 37.3. The Morgan fingerprint density at radius 1 is 1.48 bits per heavy atom. The summed E-state index contributed by atoms with van der Waals surface area (Å²) >= 11 is 0. The molecule has 0 aliphatic rings. The Morgan fingerprint density at radius 2 is 2.20 bits per heavy atom. The van der Waals surface area contributed by atoms with Crippen molar-refractivity contribution in [2.24, 2.45) is 10.3 Å². The lowest BCUT2D eigenvalue weighted by Gasteiger charge is -2.05. The summed E-state index contributed by atoms with van der Waals surface area (Å²) in [5.41, 5.74) is -0.0104. The standard InChI is InChI=1S/C16H13N5O4/c1-3-4-11-8-12(21(24)25)5-6-14(11)18-19-20-15(22)7-10(2)13(9-17)16(20)23/h3,5-8,22H,1,4H2,2H3. The molecular formula is C16H13N5O4. The smallest absolute Gasteiger partial charge is 0.293 e. The molecule has 2 aromatic rings. The minimum Gasteiger partial charge on any atom is -0.493 e. The van der Waals surface area contributed by atoms with Crippen molar-refractivity contribution in [2.75, 3.05) is 0 Å². The third kappa shape index (κ3) is 3.59. The van der Waals surface area contributed by atoms with Crippen LogP contribution in [0.15, 0.2) is 52.1 Å². The second-order valence-corrected chi connectivity index (χ2v) is 5.04. The third-order valence-electron chi connectivity index (χ3n) is 3.36. The molecule has 9 heteroatoms. The van der Waals surface area contributed by atoms with E-state index in [0.29, 0.717) is 22.2 Å². The lowest BCUT2D eigenvalue weighted by atomic mass is 10.1. The zero-order valence-corrected chi connectivity index (χ0v) is 13.2. The summed E-state index contributed by atoms with van der Waals surface area (Å²) in [5.74, 6) is -0.475. The minimum atomic E-state index is -0.809. The normalized spacial score (nSPS) is 10.6. The molecule has 0 radical (unpaired) electrons. The number of nitriles is 1. The van der Waals surface area contributed by atoms with Crippen molar-refractivity contribution < 1.29 is 10.0 Å². The number of benzene rings is 1. The van der Waals surface area contributed by atoms with Crippen molar-refractivity contribution in [3.63, 3.8) is 0 Å². The van der Waals surface area contributed by atoms with Gasteiger partial charge in [0.2, 0.25) is 5.88 Å². The van der Waals surface area contributed by atoms with Crippen molar-refractivity contribution in [1.29, 1.82) is 5.26 Å². The summed E-state index contributed by atoms with van der Waals surface area (Å²) < 4.78 is 0.588. The molecule has 126 valence electrons. The van der Waals surface area contributed by atoms with Crippen LogP contribution < -0.4 is 5.56 Å². The van der Waals surface area contributed by atoms with Crippen LogP contribution in [0.5, 0.6) is 5.88 Å². The number of aromatic hydroxyl groups is 1. The van der Waals surface area contributed by atoms with Gasteiger partial charge >= 0.3 is 0 Å². The molecule has 0 unspecified atom stereocenters. The first-order chi connectivity index (χ1) is 11.9. The largest absolute Gasteiger partial charge is 0.493 e. The molecule has 0 bridgehead atoms. The van der Waals surface area contributed by atoms with E-state index in [1.807, 2.05) is 0 Å². The molecule has 25 heavy (non-hydrogen) atoms. The molecule has 1 aromatic carbocycles. The molecule has 1 N–H and O–H groups in total. The Kier molecular flexibility index (Phi) is 5.04. The van der Waals surface area contributed by atoms with Crippen molar-refractivity contribution in [3.8, 4) is 11.9 Å². The first kappa shape index (κ1) is 17.6. The zero-order chi connectivity index (χ0) is 18.6. The fraction of sp³-hybridized carbons (Fsp3) is 0.125. The van der Waals surface area contributed by atoms with E-state index in [0.717, 1.165) is 0 Å². The molecule has 1 aromatic heterocycles. The molecule has 0 spiro atoms. The monoisotopic (exact) mass is 339 g/mol. The van der Waals surface area contributed by atoms with Crippen LogP contribution in [0.1, 0.15) is 16.7 Å². The fourth-order valence-electron chi connectivity index (χ4n) is 2.12. The van der Waals surface area contributed by atoms with Gasteiger partial charge in [-0.1, -0.05) is 11.3 Å². The third-order valence-corrected chi connectivity index (χ3v) is 3.36. The van der Waals surface area contributed by atoms with Gasteiger partial charge in [-0.2, -0.15) is 5.26 Å². The van der Waals surface area contributed by atoms with Crippen LogP contribution in [0.3, 0.4) is 0 Å². The Labute approximate surface area is 141 Å². The predicted octanol–water partition coefficient (Wildman–Crippen LogP) is 2.92. The lowest BCUT2D eigenvalue weighted by molar-refractivity contribution is -0.384. The second kappa shape index (κ2) is 7.18. The number of nitrogens with zero attached hydrogens (tertiary/aromatic N) is 5. The molecule has 1 heterocycles. The highest BCUT2D eigenvalue weighted by Gasteiger charge is 2.13. The molecule has 0 fully saturated rings. The van der Waals surface area contributed by atoms with Crippen molar-refractivity contribution in [3.05, 3.63) is 74.1 Å². The van der Waals surface area contributed by atoms with Gasteiger partial charge in [0.15, 0.2) is 0 Å². The summed E-state index contributed by atoms with van der Waals surface area (Å²) in [7, 11) is 0. The summed E-state index contributed by atoms with van der Waals surface area (Å²) in [6.45, 7) is 5.09. The second-order valence-electron chi connectivity index (χ2n) is 5.04. The van der Waals surface area contributed by atoms with E-state index in [4.69, 9.17) is 5.26 Å². The topological polar surface area (TPSA) is 134 Å². The average molecular weight is 339 g/mol. The molecule has 9 nitrogen and oxygen atoms in total. The predicted molar refractivity (Wildman–Crippen MR) is 88.7 cm³/mol. The summed E-state index contributed by atoms with van der Waals surface area (Å²) in [6.07, 6.45) is 1.84. The van der Waals surface area contributed by atoms with Gasteiger partial charge in [-0.3, -0.25) is 14.9 Å². The number of nitro groups is 1. The number of nitro benzene ring substituents is 1. The SMILES string of the molecule is C=CCc1cc([N+](=O)[O-])ccc1N=Nn1c(O)cc(C)c(C#N)c1=O. The van der Waals surface area contributed by atoms with Gasteiger partial charge in [0, 0.05) is 18.2 Å². The molecular weight excluding hydrogens is 326 g/mol. The number of aromatic nitrogens is 1. The molecule has 0 aliphatic carbocycles. The van der Waals surface area contributed by atoms with Crippen LogP contribution >= 0.6 is 0 Å². The van der Waals surface area contributed by atoms with E-state index in [1.165, 1.54) is 31.2 Å². The molecule has 0 aliphatic heterocycles. The number of non-ortho nitro benzene ring substituents is 1. The number of pyridine rings is 1. The van der Waals surface area contributed by atoms with E-state index in [-0.39, 0.29) is 16.9 Å². The van der Waals surface area contributed by atoms with E-state index < -0.39 is 16.4 Å². The average Bonchev–Trinajstić information content (AvgIpc) is 2.55. The molecule has 0 amide bonds. The van der Waals surface area contributed by atoms with Gasteiger partial charge in [-0.25, -0.2) is 0 Å². The van der Waals surface area contributed by atoms with Crippen LogP contribution in [0.2, 0.25) is 0 Å². The summed E-state index contributed by atoms with van der Waals surface area (Å²) in [4.78, 5) is 22.5. The van der Waals surface area contributed by atoms with E-state index in [1.54, 1.807) is 12.1 Å². The van der Waals surface area contributed by atoms with E-state index >= 15 is 0 Å². The minimum absolute atomic E-state index is 0.113. The van der Waals surface area contributed by atoms with Gasteiger partial charge in [-0.15, -0.1) is 16.4 Å². The molecule has 0 saturated heterocycles. The van der Waals surface area contributed by atoms with Gasteiger partial charge in [0.05, 0.1) is 10.6 Å². The number of rotatable bonds is 5. The highest BCUT2D eigenvalue weighted by molar-refractivity contribution is 5.52. The van der Waals surface area contributed by atoms with Crippen LogP contribution in [0.25, 0.3) is 0 Å². The van der Waals surface area contributed by atoms with Crippen molar-refractivity contribution >= 4 is 11.4 Å². The first-order valence-electron chi connectivity index (χ1n) is 7.05. The highest BCUT2D eigenvalue weighted by atomic mass is 16.6. The summed E-state index contributed by atoms with van der Waals surface area (Å²) in [6, 6.07) is 6.92. The van der Waals surface area contributed by atoms with E-state index in [9.17, 15) is 20.0 Å². The van der Waals surface area contributed by atoms with Gasteiger partial charge in [0.25, 0.3) is 11.2 Å². The number of hydrogen-bond donors (Lipinski definition) is 1. The number of allylic oxidation sites excluding steroid dienone is 1. The molecule has 2 rings (SSSR count). The Bertz CT molecular complexity index is 985. The van der Waals surface area contributed by atoms with Gasteiger partial charge in [0.1, 0.15) is 11.6 Å². The fourth-order valence-corrected chi connectivity index (χ4v) is 2.12. The molecule has 0 saturated carbocycles. The molecule has 0 atom stereocenters. The first-order valence-corrected chi connectivity index (χ1v) is 7.05. The van der Waals surface area contributed by atoms with Gasteiger partial charge in [-0.05, 0) is 30.5 Å². The maximum atomic E-state index is 12.1. The maximum Gasteiger partial charge on any atom is 0.293 e.